The molecule has 9 heavy (non-hydrogen) atoms. The van der Waals surface area contributed by atoms with Crippen molar-refractivity contribution in [1.82, 2.24) is 15.0 Å². The molecule has 2 heterocycles. The molecule has 0 fully saturated rings. The third kappa shape index (κ3) is 0.579. The van der Waals surface area contributed by atoms with E-state index in [1.54, 1.807) is 6.20 Å². The topological polar surface area (TPSA) is 41.6 Å². The van der Waals surface area contributed by atoms with Crippen LogP contribution in [0.4, 0.5) is 0 Å². The van der Waals surface area contributed by atoms with E-state index in [1.165, 1.54) is 0 Å². The number of rotatable bonds is 0. The van der Waals surface area contributed by atoms with E-state index in [0.29, 0.717) is 0 Å². The van der Waals surface area contributed by atoms with Crippen molar-refractivity contribution in [2.24, 2.45) is 0 Å². The van der Waals surface area contributed by atoms with E-state index in [0.717, 1.165) is 11.0 Å². The number of aromatic amines is 1. The molecule has 0 aliphatic heterocycles. The summed E-state index contributed by atoms with van der Waals surface area (Å²) in [6, 6.07) is 1.92. The van der Waals surface area contributed by atoms with Crippen LogP contribution >= 0.6 is 0 Å². The molecular weight excluding hydrogens is 114 g/mol. The van der Waals surface area contributed by atoms with Crippen molar-refractivity contribution in [3.63, 3.8) is 0 Å². The Bertz CT molecular complexity index is 282. The Balaban J connectivity index is 2.95. The molecule has 1 radical (unpaired) electrons. The first-order valence-electron chi connectivity index (χ1n) is 2.63. The molecule has 3 heteroatoms. The maximum Gasteiger partial charge on any atom is 0.199 e. The van der Waals surface area contributed by atoms with Gasteiger partial charge in [0.2, 0.25) is 0 Å². The number of nitrogens with one attached hydrogen (secondary N) is 1. The second-order valence-electron chi connectivity index (χ2n) is 1.75. The Morgan fingerprint density at radius 3 is 3.44 bits per heavy atom. The fraction of sp³-hybridized carbons (Fsp3) is 0. The summed E-state index contributed by atoms with van der Waals surface area (Å²) in [4.78, 5) is 10.5. The van der Waals surface area contributed by atoms with E-state index in [1.807, 2.05) is 12.3 Å². The third-order valence-electron chi connectivity index (χ3n) is 1.18. The van der Waals surface area contributed by atoms with Crippen molar-refractivity contribution in [2.45, 2.75) is 0 Å². The zero-order valence-electron chi connectivity index (χ0n) is 4.63. The van der Waals surface area contributed by atoms with Gasteiger partial charge in [0.25, 0.3) is 0 Å². The van der Waals surface area contributed by atoms with E-state index in [4.69, 9.17) is 0 Å². The predicted octanol–water partition coefficient (Wildman–Crippen LogP) is 0.758. The predicted molar refractivity (Wildman–Crippen MR) is 32.7 cm³/mol. The van der Waals surface area contributed by atoms with Crippen molar-refractivity contribution in [1.29, 1.82) is 0 Å². The highest BCUT2D eigenvalue weighted by molar-refractivity contribution is 5.73. The van der Waals surface area contributed by atoms with E-state index < -0.39 is 0 Å². The number of nitrogens with zero attached hydrogens (tertiary/aromatic N) is 2. The molecule has 0 aromatic carbocycles. The van der Waals surface area contributed by atoms with E-state index in [2.05, 4.69) is 21.3 Å². The Labute approximate surface area is 51.8 Å². The zero-order chi connectivity index (χ0) is 6.10. The van der Waals surface area contributed by atoms with Gasteiger partial charge in [-0.3, -0.25) is 0 Å². The summed E-state index contributed by atoms with van der Waals surface area (Å²) in [5.41, 5.74) is 0.838. The molecule has 0 aliphatic carbocycles. The number of H-pyrrole nitrogens is 1. The van der Waals surface area contributed by atoms with Crippen molar-refractivity contribution in [3.05, 3.63) is 24.8 Å². The van der Waals surface area contributed by atoms with Gasteiger partial charge in [0.15, 0.2) is 6.33 Å². The largest absolute Gasteiger partial charge is 0.346 e. The maximum absolute atomic E-state index is 3.85. The van der Waals surface area contributed by atoms with Crippen LogP contribution in [0.3, 0.4) is 0 Å². The number of fused-ring (bicyclic) bond motifs is 1. The number of hydrogen-bond acceptors (Lipinski definition) is 2. The summed E-state index contributed by atoms with van der Waals surface area (Å²) >= 11 is 0. The highest BCUT2D eigenvalue weighted by Crippen LogP contribution is 2.03. The van der Waals surface area contributed by atoms with Gasteiger partial charge in [-0.05, 0) is 6.07 Å². The van der Waals surface area contributed by atoms with Crippen LogP contribution < -0.4 is 0 Å². The number of aromatic nitrogens is 3. The van der Waals surface area contributed by atoms with E-state index >= 15 is 0 Å². The number of hydrogen-bond donors (Lipinski definition) is 1. The summed E-state index contributed by atoms with van der Waals surface area (Å²) in [5, 5.41) is 1.02. The van der Waals surface area contributed by atoms with Crippen LogP contribution in [-0.2, 0) is 0 Å². The molecule has 0 amide bonds. The fourth-order valence-electron chi connectivity index (χ4n) is 0.751. The summed E-state index contributed by atoms with van der Waals surface area (Å²) in [6.45, 7) is 0. The van der Waals surface area contributed by atoms with Gasteiger partial charge in [-0.15, -0.1) is 0 Å². The van der Waals surface area contributed by atoms with Crippen LogP contribution in [0, 0.1) is 6.33 Å². The zero-order valence-corrected chi connectivity index (χ0v) is 4.63. The first-order chi connectivity index (χ1) is 4.47. The lowest BCUT2D eigenvalue weighted by molar-refractivity contribution is 1.18. The van der Waals surface area contributed by atoms with Gasteiger partial charge in [-0.25, -0.2) is 9.97 Å². The van der Waals surface area contributed by atoms with Gasteiger partial charge in [0.1, 0.15) is 5.65 Å². The molecule has 1 N–H and O–H groups in total. The molecule has 0 saturated heterocycles. The van der Waals surface area contributed by atoms with Crippen molar-refractivity contribution in [3.8, 4) is 0 Å². The van der Waals surface area contributed by atoms with Crippen molar-refractivity contribution < 1.29 is 0 Å². The lowest BCUT2D eigenvalue weighted by Crippen LogP contribution is -1.76. The van der Waals surface area contributed by atoms with Crippen molar-refractivity contribution in [2.75, 3.05) is 0 Å². The average Bonchev–Trinajstić information content (AvgIpc) is 2.33. The van der Waals surface area contributed by atoms with Gasteiger partial charge in [0, 0.05) is 17.8 Å². The second-order valence-corrected chi connectivity index (χ2v) is 1.75. The molecule has 2 rings (SSSR count). The monoisotopic (exact) mass is 118 g/mol. The molecule has 43 valence electrons. The molecule has 0 bridgehead atoms. The second kappa shape index (κ2) is 1.55. The lowest BCUT2D eigenvalue weighted by atomic mass is 10.4. The molecule has 2 aromatic heterocycles. The van der Waals surface area contributed by atoms with Crippen LogP contribution in [-0.4, -0.2) is 15.0 Å². The molecule has 2 aromatic rings. The Morgan fingerprint density at radius 1 is 1.56 bits per heavy atom. The molecule has 0 unspecified atom stereocenters. The third-order valence-corrected chi connectivity index (χ3v) is 1.18. The fourth-order valence-corrected chi connectivity index (χ4v) is 0.751. The smallest absolute Gasteiger partial charge is 0.199 e. The van der Waals surface area contributed by atoms with Crippen LogP contribution in [0.1, 0.15) is 0 Å². The normalized spacial score (nSPS) is 10.2. The van der Waals surface area contributed by atoms with Gasteiger partial charge < -0.3 is 4.98 Å². The maximum atomic E-state index is 3.85. The Hall–Kier alpha value is -1.38. The summed E-state index contributed by atoms with van der Waals surface area (Å²) < 4.78 is 0. The lowest BCUT2D eigenvalue weighted by Gasteiger charge is -1.80. The molecule has 0 saturated carbocycles. The Morgan fingerprint density at radius 2 is 2.56 bits per heavy atom. The summed E-state index contributed by atoms with van der Waals surface area (Å²) in [7, 11) is 0. The molecular formula is C6H4N3. The van der Waals surface area contributed by atoms with Crippen LogP contribution in [0.2, 0.25) is 0 Å². The first kappa shape index (κ1) is 4.49. The molecule has 3 nitrogen and oxygen atoms in total. The Kier molecular flexibility index (Phi) is 0.773. The van der Waals surface area contributed by atoms with Gasteiger partial charge in [-0.2, -0.15) is 0 Å². The average molecular weight is 118 g/mol. The SMILES string of the molecule is [c]1ncc2cc[nH]c2n1. The standard InChI is InChI=1S/C6H4N3/c1-2-8-6-5(1)3-7-4-9-6/h1-3H,(H,7,8,9). The van der Waals surface area contributed by atoms with Gasteiger partial charge in [0.05, 0.1) is 0 Å². The quantitative estimate of drug-likeness (QED) is 0.554. The summed E-state index contributed by atoms with van der Waals surface area (Å²) in [6.07, 6.45) is 6.04. The minimum absolute atomic E-state index is 0.838. The highest BCUT2D eigenvalue weighted by Gasteiger charge is 1.89. The van der Waals surface area contributed by atoms with E-state index in [9.17, 15) is 0 Å². The van der Waals surface area contributed by atoms with Crippen molar-refractivity contribution >= 4 is 11.0 Å². The van der Waals surface area contributed by atoms with Crippen LogP contribution in [0.15, 0.2) is 18.5 Å². The molecule has 0 spiro atoms. The summed E-state index contributed by atoms with van der Waals surface area (Å²) in [5.74, 6) is 0. The minimum atomic E-state index is 0.838. The van der Waals surface area contributed by atoms with Crippen LogP contribution in [0.25, 0.3) is 11.0 Å². The highest BCUT2D eigenvalue weighted by atomic mass is 14.9. The minimum Gasteiger partial charge on any atom is -0.346 e. The molecule has 0 atom stereocenters. The van der Waals surface area contributed by atoms with Gasteiger partial charge in [-0.1, -0.05) is 0 Å². The first-order valence-corrected chi connectivity index (χ1v) is 2.63. The molecule has 0 aliphatic rings. The van der Waals surface area contributed by atoms with Crippen LogP contribution in [0.5, 0.6) is 0 Å². The van der Waals surface area contributed by atoms with E-state index in [-0.39, 0.29) is 0 Å². The van der Waals surface area contributed by atoms with Gasteiger partial charge >= 0.3 is 0 Å².